The molecular weight excluding hydrogens is 587 g/mol. The number of alkyl halides is 3. The lowest BCUT2D eigenvalue weighted by Gasteiger charge is -2.45. The Labute approximate surface area is 264 Å². The fraction of sp³-hybridized carbons (Fsp3) is 0.588. The van der Waals surface area contributed by atoms with Crippen molar-refractivity contribution < 1.29 is 37.4 Å². The molecule has 45 heavy (non-hydrogen) atoms. The Balaban J connectivity index is 1.77. The molecule has 11 heteroatoms. The Morgan fingerprint density at radius 1 is 1.16 bits per heavy atom. The number of carbonyl (C=O) groups excluding carboxylic acids is 2. The highest BCUT2D eigenvalue weighted by Crippen LogP contribution is 2.41. The van der Waals surface area contributed by atoms with Crippen LogP contribution in [0.5, 0.6) is 5.75 Å². The molecule has 3 rings (SSSR count). The average molecular weight is 634 g/mol. The monoisotopic (exact) mass is 633 g/mol. The minimum atomic E-state index is -4.79. The van der Waals surface area contributed by atoms with E-state index in [0.717, 1.165) is 11.8 Å². The lowest BCUT2D eigenvalue weighted by atomic mass is 9.73. The summed E-state index contributed by atoms with van der Waals surface area (Å²) in [7, 11) is 0. The zero-order valence-electron chi connectivity index (χ0n) is 26.6. The van der Waals surface area contributed by atoms with Crippen molar-refractivity contribution in [3.05, 3.63) is 53.8 Å². The normalized spacial score (nSPS) is 20.7. The number of rotatable bonds is 13. The van der Waals surface area contributed by atoms with E-state index in [1.165, 1.54) is 11.1 Å². The number of benzene rings is 1. The van der Waals surface area contributed by atoms with E-state index in [2.05, 4.69) is 18.5 Å². The molecule has 2 amide bonds. The van der Waals surface area contributed by atoms with Crippen molar-refractivity contribution in [1.82, 2.24) is 9.80 Å². The number of aliphatic imine (C=N–C) groups is 1. The number of piperidine rings is 2. The maximum absolute atomic E-state index is 14.0. The molecule has 248 valence electrons. The number of hydrogen-bond acceptors (Lipinski definition) is 5. The van der Waals surface area contributed by atoms with Crippen molar-refractivity contribution in [2.75, 3.05) is 26.2 Å². The number of carboxylic acid groups (broad SMARTS) is 1. The van der Waals surface area contributed by atoms with E-state index in [1.807, 2.05) is 36.1 Å². The lowest BCUT2D eigenvalue weighted by Crippen LogP contribution is -2.55. The second-order valence-electron chi connectivity index (χ2n) is 12.1. The molecule has 1 aromatic rings. The van der Waals surface area contributed by atoms with E-state index in [1.54, 1.807) is 6.92 Å². The number of carboxylic acids is 1. The third-order valence-corrected chi connectivity index (χ3v) is 8.84. The van der Waals surface area contributed by atoms with Gasteiger partial charge in [-0.3, -0.25) is 19.4 Å². The Morgan fingerprint density at radius 3 is 2.47 bits per heavy atom. The topological polar surface area (TPSA) is 99.5 Å². The second-order valence-corrected chi connectivity index (χ2v) is 12.1. The van der Waals surface area contributed by atoms with Crippen LogP contribution in [-0.4, -0.2) is 77.4 Å². The number of aliphatic carboxylic acids is 1. The van der Waals surface area contributed by atoms with Crippen molar-refractivity contribution in [1.29, 1.82) is 0 Å². The molecule has 2 aliphatic rings. The van der Waals surface area contributed by atoms with Gasteiger partial charge in [-0.05, 0) is 56.4 Å². The van der Waals surface area contributed by atoms with Crippen LogP contribution in [-0.2, 0) is 19.8 Å². The molecule has 0 bridgehead atoms. The molecule has 1 N–H and O–H groups in total. The highest BCUT2D eigenvalue weighted by molar-refractivity contribution is 5.98. The van der Waals surface area contributed by atoms with Crippen LogP contribution in [0.15, 0.2) is 53.2 Å². The van der Waals surface area contributed by atoms with Crippen LogP contribution in [0.25, 0.3) is 0 Å². The number of ether oxygens (including phenoxy) is 1. The summed E-state index contributed by atoms with van der Waals surface area (Å²) in [5, 5.41) is 8.92. The average Bonchev–Trinajstić information content (AvgIpc) is 3.01. The highest BCUT2D eigenvalue weighted by Gasteiger charge is 2.45. The second kappa shape index (κ2) is 16.1. The Kier molecular flexibility index (Phi) is 12.8. The first-order chi connectivity index (χ1) is 21.3. The summed E-state index contributed by atoms with van der Waals surface area (Å²) in [6.45, 7) is 10.6. The number of amides is 2. The predicted octanol–water partition coefficient (Wildman–Crippen LogP) is 6.70. The van der Waals surface area contributed by atoms with E-state index in [0.29, 0.717) is 70.2 Å². The number of halogens is 3. The van der Waals surface area contributed by atoms with Gasteiger partial charge in [-0.1, -0.05) is 52.0 Å². The smallest absolute Gasteiger partial charge is 0.416 e. The van der Waals surface area contributed by atoms with Gasteiger partial charge >= 0.3 is 12.1 Å². The standard InChI is InChI=1S/C34H46F3N3O5/c1-5-11-28-25(12-9-19-40(28)32(44)26(23-38-18-6-2)24(3)34(35,36)37)31(43)39-20-16-33(4,17-21-39)27-13-7-8-14-29(27)45-22-10-15-30(41)42/h7-8,13-14,18,23,25,28H,3,5-6,9-12,15-17,19-22H2,1-2,4H3,(H,41,42)/b26-23+,38-18?. The van der Waals surface area contributed by atoms with Crippen LogP contribution < -0.4 is 4.74 Å². The molecule has 2 unspecified atom stereocenters. The SMILES string of the molecule is C=C(/C(=C\N=CCC)C(=O)N1CCCC(C(=O)N2CCC(C)(c3ccccc3OCCCC(=O)O)CC2)C1CCC)C(F)(F)F. The summed E-state index contributed by atoms with van der Waals surface area (Å²) in [6.07, 6.45) is 2.06. The molecule has 0 spiro atoms. The Morgan fingerprint density at radius 2 is 1.84 bits per heavy atom. The van der Waals surface area contributed by atoms with Gasteiger partial charge in [0.15, 0.2) is 0 Å². The summed E-state index contributed by atoms with van der Waals surface area (Å²) >= 11 is 0. The number of carbonyl (C=O) groups is 3. The molecule has 0 saturated carbocycles. The first kappa shape index (κ1) is 35.8. The number of likely N-dealkylation sites (tertiary alicyclic amines) is 2. The summed E-state index contributed by atoms with van der Waals surface area (Å²) in [5.74, 6) is -1.55. The molecule has 2 aliphatic heterocycles. The first-order valence-corrected chi connectivity index (χ1v) is 15.9. The highest BCUT2D eigenvalue weighted by atomic mass is 19.4. The largest absolute Gasteiger partial charge is 0.493 e. The zero-order valence-corrected chi connectivity index (χ0v) is 26.6. The van der Waals surface area contributed by atoms with Crippen molar-refractivity contribution in [3.8, 4) is 5.75 Å². The fourth-order valence-corrected chi connectivity index (χ4v) is 6.27. The van der Waals surface area contributed by atoms with E-state index < -0.39 is 41.2 Å². The molecular formula is C34H46F3N3O5. The summed E-state index contributed by atoms with van der Waals surface area (Å²) in [4.78, 5) is 45.7. The van der Waals surface area contributed by atoms with Crippen molar-refractivity contribution >= 4 is 24.0 Å². The summed E-state index contributed by atoms with van der Waals surface area (Å²) in [6, 6.07) is 7.18. The van der Waals surface area contributed by atoms with Crippen molar-refractivity contribution in [2.24, 2.45) is 10.9 Å². The van der Waals surface area contributed by atoms with Crippen LogP contribution in [0.3, 0.4) is 0 Å². The fourth-order valence-electron chi connectivity index (χ4n) is 6.27. The van der Waals surface area contributed by atoms with Gasteiger partial charge in [0.25, 0.3) is 5.91 Å². The van der Waals surface area contributed by atoms with Gasteiger partial charge in [0, 0.05) is 50.1 Å². The van der Waals surface area contributed by atoms with Gasteiger partial charge in [0.05, 0.1) is 23.7 Å². The predicted molar refractivity (Wildman–Crippen MR) is 167 cm³/mol. The lowest BCUT2D eigenvalue weighted by molar-refractivity contribution is -0.145. The third kappa shape index (κ3) is 9.20. The van der Waals surface area contributed by atoms with Gasteiger partial charge < -0.3 is 19.6 Å². The quantitative estimate of drug-likeness (QED) is 0.113. The van der Waals surface area contributed by atoms with E-state index >= 15 is 0 Å². The van der Waals surface area contributed by atoms with Gasteiger partial charge in [-0.15, -0.1) is 0 Å². The molecule has 2 fully saturated rings. The molecule has 2 atom stereocenters. The Bertz CT molecular complexity index is 1270. The summed E-state index contributed by atoms with van der Waals surface area (Å²) in [5.41, 5.74) is -1.10. The van der Waals surface area contributed by atoms with E-state index in [9.17, 15) is 27.6 Å². The van der Waals surface area contributed by atoms with Crippen LogP contribution >= 0.6 is 0 Å². The van der Waals surface area contributed by atoms with E-state index in [4.69, 9.17) is 9.84 Å². The van der Waals surface area contributed by atoms with Crippen LogP contribution in [0.2, 0.25) is 0 Å². The number of hydrogen-bond donors (Lipinski definition) is 1. The van der Waals surface area contributed by atoms with Crippen molar-refractivity contribution in [2.45, 2.75) is 96.2 Å². The zero-order chi connectivity index (χ0) is 33.2. The van der Waals surface area contributed by atoms with Crippen LogP contribution in [0.4, 0.5) is 13.2 Å². The summed E-state index contributed by atoms with van der Waals surface area (Å²) < 4.78 is 47.0. The molecule has 0 aliphatic carbocycles. The third-order valence-electron chi connectivity index (χ3n) is 8.84. The maximum atomic E-state index is 14.0. The molecule has 0 aromatic heterocycles. The van der Waals surface area contributed by atoms with E-state index in [-0.39, 0.29) is 30.9 Å². The maximum Gasteiger partial charge on any atom is 0.416 e. The molecule has 8 nitrogen and oxygen atoms in total. The Hall–Kier alpha value is -3.63. The molecule has 2 saturated heterocycles. The first-order valence-electron chi connectivity index (χ1n) is 15.9. The van der Waals surface area contributed by atoms with Crippen molar-refractivity contribution in [3.63, 3.8) is 0 Å². The molecule has 2 heterocycles. The van der Waals surface area contributed by atoms with Gasteiger partial charge in [0.2, 0.25) is 5.91 Å². The van der Waals surface area contributed by atoms with Gasteiger partial charge in [0.1, 0.15) is 5.75 Å². The van der Waals surface area contributed by atoms with Crippen LogP contribution in [0.1, 0.15) is 84.1 Å². The van der Waals surface area contributed by atoms with Crippen LogP contribution in [0, 0.1) is 5.92 Å². The molecule has 0 radical (unpaired) electrons. The van der Waals surface area contributed by atoms with Gasteiger partial charge in [-0.2, -0.15) is 13.2 Å². The molecule has 1 aromatic carbocycles. The minimum Gasteiger partial charge on any atom is -0.493 e. The van der Waals surface area contributed by atoms with Gasteiger partial charge in [-0.25, -0.2) is 0 Å². The number of nitrogens with zero attached hydrogens (tertiary/aromatic N) is 3. The minimum absolute atomic E-state index is 0.0290. The number of para-hydroxylation sites is 1.